The van der Waals surface area contributed by atoms with Crippen molar-refractivity contribution < 1.29 is 24.2 Å². The van der Waals surface area contributed by atoms with Gasteiger partial charge in [0.05, 0.1) is 17.0 Å². The SMILES string of the molecule is COc1ccccc1C=C(C(=O)Nc1ccccc1[N+](=O)[O-])C(=O)Nc1ccccc1[N+](=O)[O-]. The van der Waals surface area contributed by atoms with Crippen molar-refractivity contribution in [3.63, 3.8) is 0 Å². The van der Waals surface area contributed by atoms with Crippen molar-refractivity contribution in [3.8, 4) is 5.75 Å². The summed E-state index contributed by atoms with van der Waals surface area (Å²) in [6, 6.07) is 17.4. The third-order valence-corrected chi connectivity index (χ3v) is 4.63. The average Bonchev–Trinajstić information content (AvgIpc) is 2.83. The van der Waals surface area contributed by atoms with Gasteiger partial charge in [-0.1, -0.05) is 42.5 Å². The first-order chi connectivity index (χ1) is 16.3. The molecule has 2 amide bonds. The Morgan fingerprint density at radius 3 is 1.68 bits per heavy atom. The number of ether oxygens (including phenoxy) is 1. The van der Waals surface area contributed by atoms with Gasteiger partial charge in [0.2, 0.25) is 0 Å². The van der Waals surface area contributed by atoms with Crippen molar-refractivity contribution in [2.24, 2.45) is 0 Å². The first-order valence-electron chi connectivity index (χ1n) is 9.76. The zero-order valence-corrected chi connectivity index (χ0v) is 17.8. The first-order valence-corrected chi connectivity index (χ1v) is 9.76. The summed E-state index contributed by atoms with van der Waals surface area (Å²) in [5, 5.41) is 27.3. The van der Waals surface area contributed by atoms with Crippen LogP contribution in [0.4, 0.5) is 22.7 Å². The van der Waals surface area contributed by atoms with E-state index in [0.29, 0.717) is 11.3 Å². The van der Waals surface area contributed by atoms with E-state index in [1.807, 2.05) is 0 Å². The molecule has 0 aliphatic carbocycles. The fraction of sp³-hybridized carbons (Fsp3) is 0.0435. The molecule has 3 aromatic carbocycles. The van der Waals surface area contributed by atoms with Crippen LogP contribution in [0.1, 0.15) is 5.56 Å². The summed E-state index contributed by atoms with van der Waals surface area (Å²) < 4.78 is 5.26. The van der Waals surface area contributed by atoms with Gasteiger partial charge in [-0.05, 0) is 24.3 Å². The number of nitrogens with one attached hydrogen (secondary N) is 2. The van der Waals surface area contributed by atoms with Crippen LogP contribution in [0.15, 0.2) is 78.4 Å². The van der Waals surface area contributed by atoms with E-state index >= 15 is 0 Å². The molecule has 0 fully saturated rings. The summed E-state index contributed by atoms with van der Waals surface area (Å²) in [5.41, 5.74) is -1.07. The van der Waals surface area contributed by atoms with Crippen molar-refractivity contribution in [1.82, 2.24) is 0 Å². The van der Waals surface area contributed by atoms with Gasteiger partial charge >= 0.3 is 0 Å². The maximum Gasteiger partial charge on any atom is 0.292 e. The van der Waals surface area contributed by atoms with Crippen LogP contribution in [0.5, 0.6) is 5.75 Å². The molecule has 0 spiro atoms. The molecule has 172 valence electrons. The molecule has 0 radical (unpaired) electrons. The van der Waals surface area contributed by atoms with Crippen LogP contribution in [-0.4, -0.2) is 28.8 Å². The van der Waals surface area contributed by atoms with Crippen molar-refractivity contribution in [2.75, 3.05) is 17.7 Å². The Labute approximate surface area is 193 Å². The summed E-state index contributed by atoms with van der Waals surface area (Å²) in [4.78, 5) is 47.5. The van der Waals surface area contributed by atoms with Gasteiger partial charge in [0.15, 0.2) is 0 Å². The highest BCUT2D eigenvalue weighted by Gasteiger charge is 2.24. The molecule has 3 aromatic rings. The Morgan fingerprint density at radius 1 is 0.765 bits per heavy atom. The van der Waals surface area contributed by atoms with Crippen molar-refractivity contribution in [3.05, 3.63) is 104 Å². The van der Waals surface area contributed by atoms with E-state index in [1.54, 1.807) is 24.3 Å². The molecule has 2 N–H and O–H groups in total. The highest BCUT2D eigenvalue weighted by atomic mass is 16.6. The van der Waals surface area contributed by atoms with Crippen LogP contribution in [0.3, 0.4) is 0 Å². The van der Waals surface area contributed by atoms with E-state index in [4.69, 9.17) is 4.74 Å². The fourth-order valence-corrected chi connectivity index (χ4v) is 3.03. The number of methoxy groups -OCH3 is 1. The van der Waals surface area contributed by atoms with E-state index in [1.165, 1.54) is 61.7 Å². The predicted octanol–water partition coefficient (Wildman–Crippen LogP) is 4.17. The Morgan fingerprint density at radius 2 is 1.21 bits per heavy atom. The molecule has 0 saturated carbocycles. The molecule has 0 aliphatic rings. The Balaban J connectivity index is 2.04. The zero-order valence-electron chi connectivity index (χ0n) is 17.8. The second-order valence-electron chi connectivity index (χ2n) is 6.76. The molecule has 11 heteroatoms. The van der Waals surface area contributed by atoms with E-state index in [2.05, 4.69) is 10.6 Å². The number of nitro benzene ring substituents is 2. The number of hydrogen-bond acceptors (Lipinski definition) is 7. The Hall–Kier alpha value is -5.06. The van der Waals surface area contributed by atoms with Gasteiger partial charge in [0, 0.05) is 17.7 Å². The second-order valence-corrected chi connectivity index (χ2v) is 6.76. The maximum absolute atomic E-state index is 13.1. The van der Waals surface area contributed by atoms with Crippen molar-refractivity contribution >= 4 is 40.6 Å². The van der Waals surface area contributed by atoms with Gasteiger partial charge in [-0.3, -0.25) is 29.8 Å². The number of nitrogens with zero attached hydrogens (tertiary/aromatic N) is 2. The molecule has 0 aliphatic heterocycles. The number of hydrogen-bond donors (Lipinski definition) is 2. The maximum atomic E-state index is 13.1. The third kappa shape index (κ3) is 5.40. The van der Waals surface area contributed by atoms with E-state index < -0.39 is 27.2 Å². The lowest BCUT2D eigenvalue weighted by Crippen LogP contribution is -2.26. The molecule has 34 heavy (non-hydrogen) atoms. The third-order valence-electron chi connectivity index (χ3n) is 4.63. The van der Waals surface area contributed by atoms with Crippen LogP contribution in [-0.2, 0) is 9.59 Å². The smallest absolute Gasteiger partial charge is 0.292 e. The number of para-hydroxylation sites is 5. The van der Waals surface area contributed by atoms with Gasteiger partial charge in [0.1, 0.15) is 22.7 Å². The average molecular weight is 462 g/mol. The van der Waals surface area contributed by atoms with Gasteiger partial charge in [-0.15, -0.1) is 0 Å². The quantitative estimate of drug-likeness (QED) is 0.167. The molecular weight excluding hydrogens is 444 g/mol. The zero-order chi connectivity index (χ0) is 24.7. The van der Waals surface area contributed by atoms with Gasteiger partial charge in [0.25, 0.3) is 23.2 Å². The monoisotopic (exact) mass is 462 g/mol. The van der Waals surface area contributed by atoms with Crippen molar-refractivity contribution in [1.29, 1.82) is 0 Å². The number of rotatable bonds is 8. The van der Waals surface area contributed by atoms with Crippen LogP contribution >= 0.6 is 0 Å². The van der Waals surface area contributed by atoms with Crippen LogP contribution in [0, 0.1) is 20.2 Å². The minimum Gasteiger partial charge on any atom is -0.496 e. The molecule has 0 unspecified atom stereocenters. The Bertz CT molecular complexity index is 1230. The lowest BCUT2D eigenvalue weighted by atomic mass is 10.1. The fourth-order valence-electron chi connectivity index (χ4n) is 3.03. The van der Waals surface area contributed by atoms with Crippen LogP contribution in [0.25, 0.3) is 6.08 Å². The first kappa shape index (κ1) is 23.6. The molecular formula is C23H18N4O7. The molecule has 0 heterocycles. The number of benzene rings is 3. The minimum absolute atomic E-state index is 0.123. The highest BCUT2D eigenvalue weighted by Crippen LogP contribution is 2.27. The molecule has 0 bridgehead atoms. The minimum atomic E-state index is -0.962. The highest BCUT2D eigenvalue weighted by molar-refractivity contribution is 6.29. The number of anilines is 2. The van der Waals surface area contributed by atoms with E-state index in [0.717, 1.165) is 0 Å². The number of carbonyl (C=O) groups excluding carboxylic acids is 2. The van der Waals surface area contributed by atoms with Gasteiger partial charge < -0.3 is 15.4 Å². The van der Waals surface area contributed by atoms with E-state index in [-0.39, 0.29) is 22.7 Å². The van der Waals surface area contributed by atoms with Gasteiger partial charge in [-0.25, -0.2) is 0 Å². The summed E-state index contributed by atoms with van der Waals surface area (Å²) in [7, 11) is 1.41. The molecule has 11 nitrogen and oxygen atoms in total. The molecule has 0 aromatic heterocycles. The van der Waals surface area contributed by atoms with Gasteiger partial charge in [-0.2, -0.15) is 0 Å². The normalized spacial score (nSPS) is 10.0. The lowest BCUT2D eigenvalue weighted by molar-refractivity contribution is -0.384. The molecule has 3 rings (SSSR count). The summed E-state index contributed by atoms with van der Waals surface area (Å²) in [5.74, 6) is -1.57. The Kier molecular flexibility index (Phi) is 7.29. The molecule has 0 saturated heterocycles. The number of carbonyl (C=O) groups is 2. The van der Waals surface area contributed by atoms with E-state index in [9.17, 15) is 29.8 Å². The second kappa shape index (κ2) is 10.5. The number of nitro groups is 2. The standard InChI is InChI=1S/C23H18N4O7/c1-34-21-13-7-2-8-15(21)14-16(22(28)24-17-9-3-5-11-19(17)26(30)31)23(29)25-18-10-4-6-12-20(18)27(32)33/h2-14H,1H3,(H,24,28)(H,25,29). The lowest BCUT2D eigenvalue weighted by Gasteiger charge is -2.12. The number of amides is 2. The van der Waals surface area contributed by atoms with Crippen molar-refractivity contribution in [2.45, 2.75) is 0 Å². The topological polar surface area (TPSA) is 154 Å². The van der Waals surface area contributed by atoms with Crippen LogP contribution < -0.4 is 15.4 Å². The van der Waals surface area contributed by atoms with Crippen LogP contribution in [0.2, 0.25) is 0 Å². The molecule has 0 atom stereocenters. The largest absolute Gasteiger partial charge is 0.496 e. The summed E-state index contributed by atoms with van der Waals surface area (Å²) in [6.07, 6.45) is 1.23. The predicted molar refractivity (Wildman–Crippen MR) is 124 cm³/mol. The summed E-state index contributed by atoms with van der Waals surface area (Å²) >= 11 is 0. The summed E-state index contributed by atoms with van der Waals surface area (Å²) in [6.45, 7) is 0.